The van der Waals surface area contributed by atoms with Crippen molar-refractivity contribution < 1.29 is 14.3 Å². The van der Waals surface area contributed by atoms with Gasteiger partial charge in [-0.25, -0.2) is 0 Å². The normalized spacial score (nSPS) is 21.5. The molecule has 5 heteroatoms. The minimum absolute atomic E-state index is 0.164. The van der Waals surface area contributed by atoms with E-state index in [1.807, 2.05) is 18.7 Å². The predicted octanol–water partition coefficient (Wildman–Crippen LogP) is 3.00. The Hall–Kier alpha value is -0.260. The van der Waals surface area contributed by atoms with Crippen LogP contribution in [0.4, 0.5) is 0 Å². The van der Waals surface area contributed by atoms with Gasteiger partial charge in [-0.05, 0) is 52.2 Å². The highest BCUT2D eigenvalue weighted by Gasteiger charge is 2.33. The molecule has 1 fully saturated rings. The maximum atomic E-state index is 12.0. The first-order valence-corrected chi connectivity index (χ1v) is 9.19. The summed E-state index contributed by atoms with van der Waals surface area (Å²) in [5.74, 6) is 2.08. The second kappa shape index (κ2) is 9.70. The molecule has 0 aromatic rings. The fourth-order valence-corrected chi connectivity index (χ4v) is 3.87. The van der Waals surface area contributed by atoms with Crippen LogP contribution in [0.25, 0.3) is 0 Å². The van der Waals surface area contributed by atoms with Gasteiger partial charge in [0.25, 0.3) is 0 Å². The van der Waals surface area contributed by atoms with Gasteiger partial charge in [0.15, 0.2) is 0 Å². The third kappa shape index (κ3) is 7.02. The number of methoxy groups -OCH3 is 1. The van der Waals surface area contributed by atoms with Crippen LogP contribution in [0, 0.1) is 0 Å². The van der Waals surface area contributed by atoms with Crippen molar-refractivity contribution in [3.8, 4) is 0 Å². The van der Waals surface area contributed by atoms with E-state index in [2.05, 4.69) is 19.2 Å². The van der Waals surface area contributed by atoms with Crippen LogP contribution >= 0.6 is 11.8 Å². The van der Waals surface area contributed by atoms with Gasteiger partial charge >= 0.3 is 5.97 Å². The Bertz CT molecular complexity index is 306. The standard InChI is InChI=1S/C16H31NO3S/c1-13(2)17-16(3,15(18)19-4)9-5-6-11-21-12-14-8-7-10-20-14/h13-14,17H,5-12H2,1-4H3. The number of esters is 1. The summed E-state index contributed by atoms with van der Waals surface area (Å²) in [4.78, 5) is 12.0. The lowest BCUT2D eigenvalue weighted by atomic mass is 9.94. The topological polar surface area (TPSA) is 47.6 Å². The molecule has 2 unspecified atom stereocenters. The zero-order chi connectivity index (χ0) is 15.7. The van der Waals surface area contributed by atoms with Crippen LogP contribution in [-0.4, -0.2) is 48.9 Å². The molecular formula is C16H31NO3S. The molecule has 21 heavy (non-hydrogen) atoms. The van der Waals surface area contributed by atoms with E-state index in [0.717, 1.165) is 37.4 Å². The molecule has 0 radical (unpaired) electrons. The molecular weight excluding hydrogens is 286 g/mol. The van der Waals surface area contributed by atoms with Crippen molar-refractivity contribution >= 4 is 17.7 Å². The van der Waals surface area contributed by atoms with E-state index in [9.17, 15) is 4.79 Å². The van der Waals surface area contributed by atoms with Crippen molar-refractivity contribution in [2.45, 2.75) is 70.6 Å². The number of unbranched alkanes of at least 4 members (excludes halogenated alkanes) is 1. The molecule has 1 heterocycles. The summed E-state index contributed by atoms with van der Waals surface area (Å²) in [5, 5.41) is 3.34. The van der Waals surface area contributed by atoms with Crippen molar-refractivity contribution in [2.24, 2.45) is 0 Å². The SMILES string of the molecule is COC(=O)C(C)(CCCCSCC1CCCO1)NC(C)C. The highest BCUT2D eigenvalue weighted by atomic mass is 32.2. The molecule has 124 valence electrons. The predicted molar refractivity (Wildman–Crippen MR) is 88.8 cm³/mol. The minimum Gasteiger partial charge on any atom is -0.468 e. The van der Waals surface area contributed by atoms with Crippen molar-refractivity contribution in [3.63, 3.8) is 0 Å². The molecule has 0 bridgehead atoms. The highest BCUT2D eigenvalue weighted by molar-refractivity contribution is 7.99. The molecule has 1 rings (SSSR count). The number of hydrogen-bond acceptors (Lipinski definition) is 5. The average Bonchev–Trinajstić information content (AvgIpc) is 2.94. The van der Waals surface area contributed by atoms with Gasteiger partial charge in [-0.2, -0.15) is 11.8 Å². The van der Waals surface area contributed by atoms with Gasteiger partial charge in [-0.3, -0.25) is 10.1 Å². The molecule has 1 N–H and O–H groups in total. The molecule has 0 aliphatic carbocycles. The molecule has 1 saturated heterocycles. The number of carbonyl (C=O) groups excluding carboxylic acids is 1. The van der Waals surface area contributed by atoms with Gasteiger partial charge < -0.3 is 9.47 Å². The Morgan fingerprint density at radius 1 is 1.48 bits per heavy atom. The Labute approximate surface area is 133 Å². The second-order valence-corrected chi connectivity index (χ2v) is 7.44. The van der Waals surface area contributed by atoms with Gasteiger partial charge in [-0.1, -0.05) is 6.42 Å². The van der Waals surface area contributed by atoms with Gasteiger partial charge in [-0.15, -0.1) is 0 Å². The molecule has 0 spiro atoms. The number of carbonyl (C=O) groups is 1. The first-order valence-electron chi connectivity index (χ1n) is 8.03. The lowest BCUT2D eigenvalue weighted by Crippen LogP contribution is -2.52. The highest BCUT2D eigenvalue weighted by Crippen LogP contribution is 2.20. The minimum atomic E-state index is -0.567. The van der Waals surface area contributed by atoms with Crippen LogP contribution < -0.4 is 5.32 Å². The van der Waals surface area contributed by atoms with Crippen LogP contribution in [0.3, 0.4) is 0 Å². The van der Waals surface area contributed by atoms with Crippen molar-refractivity contribution in [1.29, 1.82) is 0 Å². The molecule has 1 aliphatic rings. The summed E-state index contributed by atoms with van der Waals surface area (Å²) in [6.07, 6.45) is 5.87. The van der Waals surface area contributed by atoms with E-state index in [1.54, 1.807) is 0 Å². The van der Waals surface area contributed by atoms with Crippen LogP contribution in [-0.2, 0) is 14.3 Å². The van der Waals surface area contributed by atoms with Crippen LogP contribution in [0.1, 0.15) is 52.9 Å². The number of hydrogen-bond donors (Lipinski definition) is 1. The maximum Gasteiger partial charge on any atom is 0.325 e. The van der Waals surface area contributed by atoms with E-state index in [4.69, 9.17) is 9.47 Å². The Morgan fingerprint density at radius 3 is 2.81 bits per heavy atom. The Morgan fingerprint density at radius 2 is 2.24 bits per heavy atom. The molecule has 0 saturated carbocycles. The number of ether oxygens (including phenoxy) is 2. The van der Waals surface area contributed by atoms with Crippen molar-refractivity contribution in [2.75, 3.05) is 25.2 Å². The maximum absolute atomic E-state index is 12.0. The third-order valence-electron chi connectivity index (χ3n) is 3.79. The molecule has 0 aromatic carbocycles. The van der Waals surface area contributed by atoms with Crippen LogP contribution in [0.15, 0.2) is 0 Å². The summed E-state index contributed by atoms with van der Waals surface area (Å²) in [6, 6.07) is 0.267. The number of thioether (sulfide) groups is 1. The smallest absolute Gasteiger partial charge is 0.325 e. The molecule has 4 nitrogen and oxygen atoms in total. The first-order chi connectivity index (χ1) is 9.98. The van der Waals surface area contributed by atoms with E-state index < -0.39 is 5.54 Å². The van der Waals surface area contributed by atoms with Crippen LogP contribution in [0.2, 0.25) is 0 Å². The van der Waals surface area contributed by atoms with Crippen LogP contribution in [0.5, 0.6) is 0 Å². The summed E-state index contributed by atoms with van der Waals surface area (Å²) in [6.45, 7) is 6.99. The van der Waals surface area contributed by atoms with Gasteiger partial charge in [0.1, 0.15) is 5.54 Å². The lowest BCUT2D eigenvalue weighted by Gasteiger charge is -2.30. The van der Waals surface area contributed by atoms with Gasteiger partial charge in [0.2, 0.25) is 0 Å². The summed E-state index contributed by atoms with van der Waals surface area (Å²) in [5.41, 5.74) is -0.567. The fourth-order valence-electron chi connectivity index (χ4n) is 2.77. The lowest BCUT2D eigenvalue weighted by molar-refractivity contribution is -0.148. The monoisotopic (exact) mass is 317 g/mol. The Kier molecular flexibility index (Phi) is 8.67. The first kappa shape index (κ1) is 18.8. The van der Waals surface area contributed by atoms with E-state index in [0.29, 0.717) is 6.10 Å². The van der Waals surface area contributed by atoms with E-state index >= 15 is 0 Å². The van der Waals surface area contributed by atoms with E-state index in [-0.39, 0.29) is 12.0 Å². The molecule has 0 aromatic heterocycles. The zero-order valence-electron chi connectivity index (χ0n) is 13.9. The quantitative estimate of drug-likeness (QED) is 0.496. The van der Waals surface area contributed by atoms with Crippen molar-refractivity contribution in [3.05, 3.63) is 0 Å². The zero-order valence-corrected chi connectivity index (χ0v) is 14.8. The molecule has 1 aliphatic heterocycles. The molecule has 2 atom stereocenters. The summed E-state index contributed by atoms with van der Waals surface area (Å²) in [7, 11) is 1.46. The average molecular weight is 317 g/mol. The largest absolute Gasteiger partial charge is 0.468 e. The van der Waals surface area contributed by atoms with Gasteiger partial charge in [0, 0.05) is 18.4 Å². The third-order valence-corrected chi connectivity index (χ3v) is 4.97. The Balaban J connectivity index is 2.18. The molecule has 0 amide bonds. The van der Waals surface area contributed by atoms with E-state index in [1.165, 1.54) is 20.0 Å². The fraction of sp³-hybridized carbons (Fsp3) is 0.938. The van der Waals surface area contributed by atoms with Crippen molar-refractivity contribution in [1.82, 2.24) is 5.32 Å². The summed E-state index contributed by atoms with van der Waals surface area (Å²) < 4.78 is 10.6. The van der Waals surface area contributed by atoms with Gasteiger partial charge in [0.05, 0.1) is 13.2 Å². The summed E-state index contributed by atoms with van der Waals surface area (Å²) >= 11 is 1.97. The number of nitrogens with one attached hydrogen (secondary N) is 1. The second-order valence-electron chi connectivity index (χ2n) is 6.29. The number of rotatable bonds is 10.